The van der Waals surface area contributed by atoms with Crippen molar-refractivity contribution in [2.75, 3.05) is 11.6 Å². The number of sulfone groups is 1. The molecule has 1 aromatic heterocycles. The fourth-order valence-electron chi connectivity index (χ4n) is 2.65. The summed E-state index contributed by atoms with van der Waals surface area (Å²) in [7, 11) is -3.48. The average Bonchev–Trinajstić information content (AvgIpc) is 2.91. The van der Waals surface area contributed by atoms with E-state index in [0.29, 0.717) is 11.0 Å². The first-order chi connectivity index (χ1) is 13.0. The van der Waals surface area contributed by atoms with Gasteiger partial charge in [0.25, 0.3) is 5.91 Å². The summed E-state index contributed by atoms with van der Waals surface area (Å²) in [6, 6.07) is 11.2. The van der Waals surface area contributed by atoms with Crippen molar-refractivity contribution in [2.45, 2.75) is 12.1 Å². The van der Waals surface area contributed by atoms with Crippen molar-refractivity contribution in [1.82, 2.24) is 0 Å². The lowest BCUT2D eigenvalue weighted by molar-refractivity contribution is -0.274. The van der Waals surface area contributed by atoms with Crippen LogP contribution in [0.2, 0.25) is 0 Å². The molecule has 3 rings (SSSR count). The summed E-state index contributed by atoms with van der Waals surface area (Å²) in [4.78, 5) is 12.6. The standard InChI is InChI=1S/C18H14F3NO5S/c1-28(24,25)10-14-13-7-2-3-8-15(13)26-16(14)17(23)22-11-5-4-6-12(9-11)27-18(19,20)21/h2-9H,10H2,1H3,(H,22,23). The monoisotopic (exact) mass is 413 g/mol. The normalized spacial score (nSPS) is 12.1. The number of furan rings is 1. The Kier molecular flexibility index (Phi) is 5.07. The second kappa shape index (κ2) is 7.19. The lowest BCUT2D eigenvalue weighted by Crippen LogP contribution is -2.18. The molecule has 0 spiro atoms. The second-order valence-electron chi connectivity index (χ2n) is 6.01. The maximum absolute atomic E-state index is 12.6. The molecule has 0 saturated heterocycles. The first-order valence-electron chi connectivity index (χ1n) is 7.87. The van der Waals surface area contributed by atoms with E-state index >= 15 is 0 Å². The summed E-state index contributed by atoms with van der Waals surface area (Å²) in [6.45, 7) is 0. The molecular formula is C18H14F3NO5S. The van der Waals surface area contributed by atoms with Gasteiger partial charge in [0.2, 0.25) is 0 Å². The van der Waals surface area contributed by atoms with E-state index < -0.39 is 33.6 Å². The molecular weight excluding hydrogens is 399 g/mol. The molecule has 3 aromatic rings. The zero-order valence-corrected chi connectivity index (χ0v) is 15.2. The third-order valence-corrected chi connectivity index (χ3v) is 4.45. The van der Waals surface area contributed by atoms with Crippen LogP contribution < -0.4 is 10.1 Å². The van der Waals surface area contributed by atoms with E-state index in [1.807, 2.05) is 0 Å². The number of anilines is 1. The quantitative estimate of drug-likeness (QED) is 0.680. The highest BCUT2D eigenvalue weighted by Crippen LogP contribution is 2.29. The number of nitrogens with one attached hydrogen (secondary N) is 1. The summed E-state index contributed by atoms with van der Waals surface area (Å²) in [5.41, 5.74) is 0.524. The predicted octanol–water partition coefficient (Wildman–Crippen LogP) is 4.13. The van der Waals surface area contributed by atoms with Crippen molar-refractivity contribution in [2.24, 2.45) is 0 Å². The molecule has 0 fully saturated rings. The zero-order valence-electron chi connectivity index (χ0n) is 14.4. The van der Waals surface area contributed by atoms with Crippen molar-refractivity contribution in [1.29, 1.82) is 0 Å². The van der Waals surface area contributed by atoms with Crippen LogP contribution in [0.3, 0.4) is 0 Å². The molecule has 0 bridgehead atoms. The Bertz CT molecular complexity index is 1140. The van der Waals surface area contributed by atoms with Crippen LogP contribution in [-0.2, 0) is 15.6 Å². The number of para-hydroxylation sites is 1. The largest absolute Gasteiger partial charge is 0.573 e. The van der Waals surface area contributed by atoms with Crippen LogP contribution in [0.5, 0.6) is 5.75 Å². The first kappa shape index (κ1) is 19.7. The van der Waals surface area contributed by atoms with E-state index in [-0.39, 0.29) is 17.0 Å². The maximum Gasteiger partial charge on any atom is 0.573 e. The van der Waals surface area contributed by atoms with Gasteiger partial charge in [0.15, 0.2) is 15.6 Å². The molecule has 1 heterocycles. The summed E-state index contributed by atoms with van der Waals surface area (Å²) in [6.07, 6.45) is -3.85. The van der Waals surface area contributed by atoms with Gasteiger partial charge in [-0.15, -0.1) is 13.2 Å². The van der Waals surface area contributed by atoms with Crippen LogP contribution in [-0.4, -0.2) is 26.9 Å². The van der Waals surface area contributed by atoms with Gasteiger partial charge in [-0.1, -0.05) is 24.3 Å². The Balaban J connectivity index is 1.94. The molecule has 1 N–H and O–H groups in total. The van der Waals surface area contributed by atoms with Crippen molar-refractivity contribution in [3.63, 3.8) is 0 Å². The Morgan fingerprint density at radius 3 is 2.54 bits per heavy atom. The van der Waals surface area contributed by atoms with Crippen LogP contribution in [0.25, 0.3) is 11.0 Å². The number of ether oxygens (including phenoxy) is 1. The number of rotatable bonds is 5. The lowest BCUT2D eigenvalue weighted by Gasteiger charge is -2.10. The fraction of sp³-hybridized carbons (Fsp3) is 0.167. The molecule has 148 valence electrons. The van der Waals surface area contributed by atoms with E-state index in [2.05, 4.69) is 10.1 Å². The number of fused-ring (bicyclic) bond motifs is 1. The van der Waals surface area contributed by atoms with E-state index in [9.17, 15) is 26.4 Å². The van der Waals surface area contributed by atoms with E-state index in [1.54, 1.807) is 24.3 Å². The molecule has 6 nitrogen and oxygen atoms in total. The highest BCUT2D eigenvalue weighted by atomic mass is 32.2. The van der Waals surface area contributed by atoms with Gasteiger partial charge in [-0.25, -0.2) is 8.42 Å². The molecule has 28 heavy (non-hydrogen) atoms. The molecule has 0 aliphatic carbocycles. The third-order valence-electron chi connectivity index (χ3n) is 3.64. The fourth-order valence-corrected chi connectivity index (χ4v) is 3.46. The predicted molar refractivity (Wildman–Crippen MR) is 95.8 cm³/mol. The topological polar surface area (TPSA) is 85.6 Å². The molecule has 2 aromatic carbocycles. The van der Waals surface area contributed by atoms with Crippen molar-refractivity contribution in [3.05, 3.63) is 59.9 Å². The summed E-state index contributed by atoms with van der Waals surface area (Å²) < 4.78 is 69.9. The lowest BCUT2D eigenvalue weighted by atomic mass is 10.1. The number of carbonyl (C=O) groups is 1. The van der Waals surface area contributed by atoms with Gasteiger partial charge >= 0.3 is 6.36 Å². The Hall–Kier alpha value is -3.01. The minimum absolute atomic E-state index is 0.0255. The van der Waals surface area contributed by atoms with Gasteiger partial charge in [0.1, 0.15) is 11.3 Å². The number of halogens is 3. The van der Waals surface area contributed by atoms with Crippen LogP contribution in [0.4, 0.5) is 18.9 Å². The molecule has 0 aliphatic heterocycles. The number of hydrogen-bond acceptors (Lipinski definition) is 5. The first-order valence-corrected chi connectivity index (χ1v) is 9.93. The molecule has 0 radical (unpaired) electrons. The van der Waals surface area contributed by atoms with E-state index in [1.165, 1.54) is 12.1 Å². The average molecular weight is 413 g/mol. The van der Waals surface area contributed by atoms with Crippen LogP contribution >= 0.6 is 0 Å². The molecule has 0 unspecified atom stereocenters. The number of alkyl halides is 3. The summed E-state index contributed by atoms with van der Waals surface area (Å²) in [5, 5.41) is 2.86. The maximum atomic E-state index is 12.6. The van der Waals surface area contributed by atoms with E-state index in [0.717, 1.165) is 18.4 Å². The van der Waals surface area contributed by atoms with Crippen molar-refractivity contribution < 1.29 is 35.5 Å². The number of benzene rings is 2. The number of hydrogen-bond donors (Lipinski definition) is 1. The van der Waals surface area contributed by atoms with Crippen LogP contribution in [0, 0.1) is 0 Å². The summed E-state index contributed by atoms with van der Waals surface area (Å²) in [5.74, 6) is -1.96. The number of amides is 1. The molecule has 0 saturated carbocycles. The van der Waals surface area contributed by atoms with Crippen LogP contribution in [0.15, 0.2) is 52.9 Å². The highest BCUT2D eigenvalue weighted by molar-refractivity contribution is 7.89. The Morgan fingerprint density at radius 1 is 1.14 bits per heavy atom. The second-order valence-corrected chi connectivity index (χ2v) is 8.15. The minimum atomic E-state index is -4.87. The van der Waals surface area contributed by atoms with Crippen molar-refractivity contribution >= 4 is 32.4 Å². The highest BCUT2D eigenvalue weighted by Gasteiger charge is 2.31. The molecule has 0 atom stereocenters. The van der Waals surface area contributed by atoms with Gasteiger partial charge in [-0.2, -0.15) is 0 Å². The zero-order chi connectivity index (χ0) is 20.5. The van der Waals surface area contributed by atoms with Crippen LogP contribution in [0.1, 0.15) is 16.1 Å². The van der Waals surface area contributed by atoms with E-state index in [4.69, 9.17) is 4.42 Å². The summed E-state index contributed by atoms with van der Waals surface area (Å²) >= 11 is 0. The molecule has 1 amide bonds. The van der Waals surface area contributed by atoms with Crippen molar-refractivity contribution in [3.8, 4) is 5.75 Å². The Morgan fingerprint density at radius 2 is 1.86 bits per heavy atom. The molecule has 0 aliphatic rings. The van der Waals surface area contributed by atoms with Gasteiger partial charge in [-0.05, 0) is 18.2 Å². The smallest absolute Gasteiger partial charge is 0.451 e. The van der Waals surface area contributed by atoms with Gasteiger partial charge in [-0.3, -0.25) is 4.79 Å². The minimum Gasteiger partial charge on any atom is -0.451 e. The molecule has 10 heteroatoms. The number of carbonyl (C=O) groups excluding carboxylic acids is 1. The third kappa shape index (κ3) is 4.83. The van der Waals surface area contributed by atoms with Gasteiger partial charge in [0.05, 0.1) is 5.75 Å². The van der Waals surface area contributed by atoms with Gasteiger partial charge < -0.3 is 14.5 Å². The SMILES string of the molecule is CS(=O)(=O)Cc1c(C(=O)Nc2cccc(OC(F)(F)F)c2)oc2ccccc12. The van der Waals surface area contributed by atoms with Gasteiger partial charge in [0, 0.05) is 29.0 Å². The Labute approximate surface area is 157 Å².